The molecule has 0 aromatic heterocycles. The van der Waals surface area contributed by atoms with E-state index in [1.165, 1.54) is 43.2 Å². The summed E-state index contributed by atoms with van der Waals surface area (Å²) in [5.74, 6) is 0.530. The minimum absolute atomic E-state index is 0.268. The Hall–Kier alpha value is -1.59. The number of nitrogens with two attached hydrogens (primary N) is 1. The maximum absolute atomic E-state index is 6.22. The van der Waals surface area contributed by atoms with Gasteiger partial charge in [-0.05, 0) is 49.9 Å². The van der Waals surface area contributed by atoms with E-state index in [0.29, 0.717) is 5.96 Å². The maximum atomic E-state index is 6.22. The molecule has 3 rings (SSSR count). The fourth-order valence-electron chi connectivity index (χ4n) is 4.39. The van der Waals surface area contributed by atoms with Crippen molar-refractivity contribution in [2.45, 2.75) is 46.0 Å². The molecule has 1 saturated carbocycles. The number of morpholine rings is 1. The fourth-order valence-corrected chi connectivity index (χ4v) is 4.39. The summed E-state index contributed by atoms with van der Waals surface area (Å²) < 4.78 is 5.51. The fraction of sp³-hybridized carbons (Fsp3) is 0.667. The molecule has 5 heteroatoms. The van der Waals surface area contributed by atoms with Gasteiger partial charge < -0.3 is 15.8 Å². The van der Waals surface area contributed by atoms with E-state index in [1.807, 2.05) is 0 Å². The Morgan fingerprint density at radius 3 is 2.42 bits per heavy atom. The van der Waals surface area contributed by atoms with Crippen LogP contribution in [0.25, 0.3) is 0 Å². The van der Waals surface area contributed by atoms with Gasteiger partial charge in [0.25, 0.3) is 0 Å². The molecular formula is C21H34N4O. The van der Waals surface area contributed by atoms with Crippen molar-refractivity contribution < 1.29 is 4.74 Å². The molecule has 0 unspecified atom stereocenters. The number of guanidine groups is 1. The van der Waals surface area contributed by atoms with Gasteiger partial charge in [-0.25, -0.2) is 0 Å². The highest BCUT2D eigenvalue weighted by Crippen LogP contribution is 2.37. The molecule has 1 aromatic rings. The van der Waals surface area contributed by atoms with Crippen LogP contribution in [0.5, 0.6) is 0 Å². The first kappa shape index (κ1) is 19.2. The highest BCUT2D eigenvalue weighted by Gasteiger charge is 2.34. The second kappa shape index (κ2) is 8.87. The number of benzene rings is 1. The van der Waals surface area contributed by atoms with E-state index in [0.717, 1.165) is 45.1 Å². The predicted molar refractivity (Wildman–Crippen MR) is 109 cm³/mol. The van der Waals surface area contributed by atoms with Crippen LogP contribution in [0.15, 0.2) is 23.2 Å². The normalized spacial score (nSPS) is 21.5. The average molecular weight is 359 g/mol. The Balaban J connectivity index is 1.64. The Morgan fingerprint density at radius 1 is 1.12 bits per heavy atom. The van der Waals surface area contributed by atoms with Crippen LogP contribution in [0, 0.1) is 19.3 Å². The number of hydrogen-bond acceptors (Lipinski definition) is 3. The number of rotatable bonds is 5. The second-order valence-corrected chi connectivity index (χ2v) is 8.15. The van der Waals surface area contributed by atoms with Crippen LogP contribution in [-0.2, 0) is 4.74 Å². The molecule has 1 aliphatic heterocycles. The summed E-state index contributed by atoms with van der Waals surface area (Å²) in [5, 5.41) is 3.28. The Bertz CT molecular complexity index is 596. The van der Waals surface area contributed by atoms with Crippen molar-refractivity contribution in [3.63, 3.8) is 0 Å². The lowest BCUT2D eigenvalue weighted by Crippen LogP contribution is -2.46. The molecule has 0 bridgehead atoms. The van der Waals surface area contributed by atoms with E-state index in [2.05, 4.69) is 42.3 Å². The number of anilines is 1. The van der Waals surface area contributed by atoms with Gasteiger partial charge in [0.1, 0.15) is 0 Å². The molecule has 144 valence electrons. The van der Waals surface area contributed by atoms with Crippen LogP contribution in [0.1, 0.15) is 43.2 Å². The number of nitrogens with one attached hydrogen (secondary N) is 1. The first-order chi connectivity index (χ1) is 12.5. The lowest BCUT2D eigenvalue weighted by atomic mass is 9.73. The van der Waals surface area contributed by atoms with Crippen LogP contribution in [0.4, 0.5) is 5.69 Å². The highest BCUT2D eigenvalue weighted by molar-refractivity contribution is 5.92. The summed E-state index contributed by atoms with van der Waals surface area (Å²) >= 11 is 0. The van der Waals surface area contributed by atoms with Gasteiger partial charge in [-0.3, -0.25) is 9.89 Å². The van der Waals surface area contributed by atoms with Crippen LogP contribution < -0.4 is 11.1 Å². The van der Waals surface area contributed by atoms with E-state index in [4.69, 9.17) is 15.5 Å². The van der Waals surface area contributed by atoms with Crippen molar-refractivity contribution in [3.8, 4) is 0 Å². The number of aliphatic imine (C=N–C) groups is 1. The Labute approximate surface area is 158 Å². The molecule has 1 aromatic carbocycles. The molecule has 2 aliphatic rings. The topological polar surface area (TPSA) is 62.9 Å². The molecule has 0 amide bonds. The summed E-state index contributed by atoms with van der Waals surface area (Å²) in [5.41, 5.74) is 9.98. The van der Waals surface area contributed by atoms with Crippen LogP contribution in [-0.4, -0.2) is 50.3 Å². The number of ether oxygens (including phenoxy) is 1. The predicted octanol–water partition coefficient (Wildman–Crippen LogP) is 3.31. The number of aryl methyl sites for hydroxylation is 2. The third-order valence-corrected chi connectivity index (χ3v) is 5.66. The molecule has 1 saturated heterocycles. The smallest absolute Gasteiger partial charge is 0.193 e. The van der Waals surface area contributed by atoms with E-state index >= 15 is 0 Å². The standard InChI is InChI=1S/C21H34N4O/c1-17-12-18(2)14-19(13-17)24-20(22)23-15-21(6-4-3-5-7-21)16-25-8-10-26-11-9-25/h12-14H,3-11,15-16H2,1-2H3,(H3,22,23,24). The van der Waals surface area contributed by atoms with E-state index < -0.39 is 0 Å². The summed E-state index contributed by atoms with van der Waals surface area (Å²) in [6, 6.07) is 6.39. The van der Waals surface area contributed by atoms with Crippen LogP contribution in [0.2, 0.25) is 0 Å². The molecule has 26 heavy (non-hydrogen) atoms. The summed E-state index contributed by atoms with van der Waals surface area (Å²) in [7, 11) is 0. The average Bonchev–Trinajstić information content (AvgIpc) is 2.61. The van der Waals surface area contributed by atoms with Gasteiger partial charge in [0, 0.05) is 37.3 Å². The summed E-state index contributed by atoms with van der Waals surface area (Å²) in [4.78, 5) is 7.32. The molecule has 0 atom stereocenters. The molecule has 0 spiro atoms. The summed E-state index contributed by atoms with van der Waals surface area (Å²) in [6.45, 7) is 9.94. The van der Waals surface area contributed by atoms with Gasteiger partial charge in [-0.15, -0.1) is 0 Å². The number of nitrogens with zero attached hydrogens (tertiary/aromatic N) is 2. The third kappa shape index (κ3) is 5.45. The van der Waals surface area contributed by atoms with Gasteiger partial charge in [0.15, 0.2) is 5.96 Å². The van der Waals surface area contributed by atoms with Gasteiger partial charge in [-0.2, -0.15) is 0 Å². The molecule has 1 heterocycles. The Kier molecular flexibility index (Phi) is 6.54. The van der Waals surface area contributed by atoms with E-state index in [9.17, 15) is 0 Å². The van der Waals surface area contributed by atoms with Gasteiger partial charge in [0.05, 0.1) is 13.2 Å². The molecule has 2 fully saturated rings. The second-order valence-electron chi connectivity index (χ2n) is 8.15. The van der Waals surface area contributed by atoms with Crippen molar-refractivity contribution in [3.05, 3.63) is 29.3 Å². The largest absolute Gasteiger partial charge is 0.379 e. The maximum Gasteiger partial charge on any atom is 0.193 e. The lowest BCUT2D eigenvalue weighted by molar-refractivity contribution is 0.00940. The molecule has 1 aliphatic carbocycles. The van der Waals surface area contributed by atoms with Crippen molar-refractivity contribution >= 4 is 11.6 Å². The van der Waals surface area contributed by atoms with Crippen molar-refractivity contribution in [1.29, 1.82) is 0 Å². The molecular weight excluding hydrogens is 324 g/mol. The molecule has 3 N–H and O–H groups in total. The van der Waals surface area contributed by atoms with Gasteiger partial charge >= 0.3 is 0 Å². The SMILES string of the molecule is Cc1cc(C)cc(NC(N)=NCC2(CN3CCOCC3)CCCCC2)c1. The van der Waals surface area contributed by atoms with Crippen molar-refractivity contribution in [2.24, 2.45) is 16.1 Å². The van der Waals surface area contributed by atoms with Crippen molar-refractivity contribution in [1.82, 2.24) is 4.90 Å². The minimum atomic E-state index is 0.268. The zero-order chi connectivity index (χ0) is 18.4. The molecule has 5 nitrogen and oxygen atoms in total. The van der Waals surface area contributed by atoms with Crippen LogP contribution >= 0.6 is 0 Å². The van der Waals surface area contributed by atoms with Crippen molar-refractivity contribution in [2.75, 3.05) is 44.7 Å². The number of hydrogen-bond donors (Lipinski definition) is 2. The zero-order valence-corrected chi connectivity index (χ0v) is 16.4. The minimum Gasteiger partial charge on any atom is -0.379 e. The first-order valence-electron chi connectivity index (χ1n) is 10.0. The third-order valence-electron chi connectivity index (χ3n) is 5.66. The van der Waals surface area contributed by atoms with Crippen LogP contribution in [0.3, 0.4) is 0 Å². The monoisotopic (exact) mass is 358 g/mol. The molecule has 0 radical (unpaired) electrons. The highest BCUT2D eigenvalue weighted by atomic mass is 16.5. The Morgan fingerprint density at radius 2 is 1.77 bits per heavy atom. The van der Waals surface area contributed by atoms with E-state index in [-0.39, 0.29) is 5.41 Å². The zero-order valence-electron chi connectivity index (χ0n) is 16.4. The lowest BCUT2D eigenvalue weighted by Gasteiger charge is -2.41. The van der Waals surface area contributed by atoms with Gasteiger partial charge in [0.2, 0.25) is 0 Å². The quantitative estimate of drug-likeness (QED) is 0.626. The first-order valence-corrected chi connectivity index (χ1v) is 10.0. The summed E-state index contributed by atoms with van der Waals surface area (Å²) in [6.07, 6.45) is 6.48. The van der Waals surface area contributed by atoms with Gasteiger partial charge in [-0.1, -0.05) is 25.3 Å². The van der Waals surface area contributed by atoms with E-state index in [1.54, 1.807) is 0 Å².